The number of phenols is 1. The minimum atomic E-state index is -0.357. The summed E-state index contributed by atoms with van der Waals surface area (Å²) >= 11 is 0. The fourth-order valence-corrected chi connectivity index (χ4v) is 3.89. The number of carbonyl (C=O) groups is 1. The fourth-order valence-electron chi connectivity index (χ4n) is 3.89. The number of aromatic nitrogens is 3. The Morgan fingerprint density at radius 3 is 2.84 bits per heavy atom. The molecule has 3 aromatic rings. The summed E-state index contributed by atoms with van der Waals surface area (Å²) < 4.78 is 20.5. The van der Waals surface area contributed by atoms with Gasteiger partial charge in [0.05, 0.1) is 20.1 Å². The highest BCUT2D eigenvalue weighted by Gasteiger charge is 2.20. The second-order valence-electron chi connectivity index (χ2n) is 7.76. The highest BCUT2D eigenvalue weighted by atomic mass is 19.1. The van der Waals surface area contributed by atoms with Gasteiger partial charge >= 0.3 is 0 Å². The number of fused-ring (bicyclic) bond motifs is 1. The van der Waals surface area contributed by atoms with E-state index in [1.165, 1.54) is 19.2 Å². The summed E-state index contributed by atoms with van der Waals surface area (Å²) in [6.07, 6.45) is 0.825. The van der Waals surface area contributed by atoms with E-state index in [0.717, 1.165) is 30.9 Å². The molecule has 2 aromatic carbocycles. The van der Waals surface area contributed by atoms with E-state index < -0.39 is 0 Å². The number of para-hydroxylation sites is 1. The molecule has 1 aliphatic heterocycles. The Kier molecular flexibility index (Phi) is 6.65. The van der Waals surface area contributed by atoms with Crippen molar-refractivity contribution < 1.29 is 19.0 Å². The Morgan fingerprint density at radius 2 is 2.03 bits per heavy atom. The van der Waals surface area contributed by atoms with Gasteiger partial charge in [0, 0.05) is 38.2 Å². The van der Waals surface area contributed by atoms with Crippen LogP contribution in [0.15, 0.2) is 42.5 Å². The number of amides is 1. The van der Waals surface area contributed by atoms with Crippen LogP contribution in [0.5, 0.6) is 11.5 Å². The molecule has 0 spiro atoms. The van der Waals surface area contributed by atoms with Gasteiger partial charge in [0.15, 0.2) is 17.3 Å². The van der Waals surface area contributed by atoms with E-state index in [9.17, 15) is 14.3 Å². The van der Waals surface area contributed by atoms with Crippen LogP contribution >= 0.6 is 0 Å². The van der Waals surface area contributed by atoms with Gasteiger partial charge in [-0.05, 0) is 23.8 Å². The number of methoxy groups -OCH3 is 1. The van der Waals surface area contributed by atoms with Gasteiger partial charge in [-0.1, -0.05) is 24.3 Å². The molecule has 8 nitrogen and oxygen atoms in total. The monoisotopic (exact) mass is 439 g/mol. The lowest BCUT2D eigenvalue weighted by Crippen LogP contribution is -2.28. The van der Waals surface area contributed by atoms with Gasteiger partial charge in [-0.2, -0.15) is 0 Å². The molecule has 0 aliphatic carbocycles. The van der Waals surface area contributed by atoms with Gasteiger partial charge in [-0.25, -0.2) is 4.39 Å². The zero-order valence-corrected chi connectivity index (χ0v) is 17.9. The van der Waals surface area contributed by atoms with Crippen LogP contribution in [-0.2, 0) is 37.3 Å². The number of nitrogens with one attached hydrogen (secondary N) is 1. The Balaban J connectivity index is 1.34. The predicted molar refractivity (Wildman–Crippen MR) is 116 cm³/mol. The topological polar surface area (TPSA) is 92.5 Å². The normalized spacial score (nSPS) is 13.9. The van der Waals surface area contributed by atoms with Crippen molar-refractivity contribution in [2.24, 2.45) is 0 Å². The number of rotatable bonds is 7. The molecule has 1 aliphatic rings. The first kappa shape index (κ1) is 21.8. The van der Waals surface area contributed by atoms with Crippen molar-refractivity contribution in [2.75, 3.05) is 20.2 Å². The molecule has 0 bridgehead atoms. The van der Waals surface area contributed by atoms with E-state index >= 15 is 0 Å². The van der Waals surface area contributed by atoms with Crippen LogP contribution in [0.2, 0.25) is 0 Å². The summed E-state index contributed by atoms with van der Waals surface area (Å²) in [6, 6.07) is 11.5. The smallest absolute Gasteiger partial charge is 0.224 e. The quantitative estimate of drug-likeness (QED) is 0.586. The number of ether oxygens (including phenoxy) is 1. The third-order valence-corrected chi connectivity index (χ3v) is 5.59. The molecule has 4 rings (SSSR count). The molecule has 0 unspecified atom stereocenters. The van der Waals surface area contributed by atoms with Crippen LogP contribution in [-0.4, -0.2) is 50.9 Å². The van der Waals surface area contributed by atoms with E-state index in [1.807, 2.05) is 16.7 Å². The van der Waals surface area contributed by atoms with Crippen molar-refractivity contribution in [3.8, 4) is 11.5 Å². The third kappa shape index (κ3) is 5.05. The van der Waals surface area contributed by atoms with Gasteiger partial charge in [-0.3, -0.25) is 9.69 Å². The molecule has 9 heteroatoms. The summed E-state index contributed by atoms with van der Waals surface area (Å²) in [7, 11) is 1.54. The van der Waals surface area contributed by atoms with Crippen LogP contribution in [0, 0.1) is 5.82 Å². The Hall–Kier alpha value is -3.46. The highest BCUT2D eigenvalue weighted by Crippen LogP contribution is 2.30. The number of hydrogen-bond acceptors (Lipinski definition) is 6. The van der Waals surface area contributed by atoms with Crippen molar-refractivity contribution in [1.29, 1.82) is 0 Å². The van der Waals surface area contributed by atoms with Crippen LogP contribution in [0.4, 0.5) is 4.39 Å². The number of hydrogen-bond donors (Lipinski definition) is 2. The SMILES string of the molecule is COc1cccc(CN2CCc3nnc(CNC(=O)Cc4cccc(F)c4)n3CC2)c1O. The van der Waals surface area contributed by atoms with Crippen molar-refractivity contribution >= 4 is 5.91 Å². The largest absolute Gasteiger partial charge is 0.504 e. The second kappa shape index (κ2) is 9.78. The summed E-state index contributed by atoms with van der Waals surface area (Å²) in [4.78, 5) is 14.5. The van der Waals surface area contributed by atoms with Crippen molar-refractivity contribution in [1.82, 2.24) is 25.0 Å². The maximum Gasteiger partial charge on any atom is 0.224 e. The van der Waals surface area contributed by atoms with Crippen molar-refractivity contribution in [3.05, 3.63) is 71.1 Å². The molecule has 0 atom stereocenters. The van der Waals surface area contributed by atoms with E-state index in [-0.39, 0.29) is 30.4 Å². The molecule has 0 saturated carbocycles. The van der Waals surface area contributed by atoms with E-state index in [1.54, 1.807) is 18.2 Å². The average Bonchev–Trinajstić information content (AvgIpc) is 3.06. The van der Waals surface area contributed by atoms with Crippen LogP contribution < -0.4 is 10.1 Å². The summed E-state index contributed by atoms with van der Waals surface area (Å²) in [5, 5.41) is 21.8. The van der Waals surface area contributed by atoms with Crippen LogP contribution in [0.3, 0.4) is 0 Å². The number of benzene rings is 2. The molecule has 32 heavy (non-hydrogen) atoms. The lowest BCUT2D eigenvalue weighted by molar-refractivity contribution is -0.120. The van der Waals surface area contributed by atoms with Gasteiger partial charge in [0.2, 0.25) is 5.91 Å². The molecule has 2 N–H and O–H groups in total. The molecule has 2 heterocycles. The molecule has 0 fully saturated rings. The fraction of sp³-hybridized carbons (Fsp3) is 0.348. The number of nitrogens with zero attached hydrogens (tertiary/aromatic N) is 4. The molecule has 1 amide bonds. The standard InChI is InChI=1S/C23H26FN5O3/c1-32-19-7-3-5-17(23(19)31)15-28-9-8-20-26-27-21(29(20)11-10-28)14-25-22(30)13-16-4-2-6-18(24)12-16/h2-7,12,31H,8-11,13-15H2,1H3,(H,25,30). The number of aromatic hydroxyl groups is 1. The maximum absolute atomic E-state index is 13.3. The first-order valence-corrected chi connectivity index (χ1v) is 10.5. The van der Waals surface area contributed by atoms with Gasteiger partial charge in [0.1, 0.15) is 11.6 Å². The molecule has 168 valence electrons. The van der Waals surface area contributed by atoms with Gasteiger partial charge in [0.25, 0.3) is 0 Å². The van der Waals surface area contributed by atoms with Crippen LogP contribution in [0.1, 0.15) is 22.8 Å². The number of phenolic OH excluding ortho intramolecular Hbond substituents is 1. The number of halogens is 1. The van der Waals surface area contributed by atoms with E-state index in [4.69, 9.17) is 4.74 Å². The summed E-state index contributed by atoms with van der Waals surface area (Å²) in [6.45, 7) is 3.08. The maximum atomic E-state index is 13.3. The molecule has 0 radical (unpaired) electrons. The lowest BCUT2D eigenvalue weighted by Gasteiger charge is -2.20. The third-order valence-electron chi connectivity index (χ3n) is 5.59. The van der Waals surface area contributed by atoms with E-state index in [2.05, 4.69) is 20.4 Å². The second-order valence-corrected chi connectivity index (χ2v) is 7.76. The highest BCUT2D eigenvalue weighted by molar-refractivity contribution is 5.78. The minimum Gasteiger partial charge on any atom is -0.504 e. The first-order valence-electron chi connectivity index (χ1n) is 10.5. The average molecular weight is 439 g/mol. The van der Waals surface area contributed by atoms with Crippen LogP contribution in [0.25, 0.3) is 0 Å². The van der Waals surface area contributed by atoms with Gasteiger partial charge < -0.3 is 19.7 Å². The Labute approximate surface area is 185 Å². The summed E-state index contributed by atoms with van der Waals surface area (Å²) in [5.74, 6) is 1.64. The number of carbonyl (C=O) groups excluding carboxylic acids is 1. The van der Waals surface area contributed by atoms with Gasteiger partial charge in [-0.15, -0.1) is 10.2 Å². The zero-order chi connectivity index (χ0) is 22.5. The van der Waals surface area contributed by atoms with E-state index in [0.29, 0.717) is 30.2 Å². The zero-order valence-electron chi connectivity index (χ0n) is 17.9. The molecular formula is C23H26FN5O3. The van der Waals surface area contributed by atoms with Crippen molar-refractivity contribution in [2.45, 2.75) is 32.5 Å². The Bertz CT molecular complexity index is 1100. The lowest BCUT2D eigenvalue weighted by atomic mass is 10.1. The predicted octanol–water partition coefficient (Wildman–Crippen LogP) is 2.05. The first-order chi connectivity index (χ1) is 15.5. The molecular weight excluding hydrogens is 413 g/mol. The molecule has 0 saturated heterocycles. The van der Waals surface area contributed by atoms with Crippen molar-refractivity contribution in [3.63, 3.8) is 0 Å². The Morgan fingerprint density at radius 1 is 1.19 bits per heavy atom. The summed E-state index contributed by atoms with van der Waals surface area (Å²) in [5.41, 5.74) is 1.44. The molecule has 1 aromatic heterocycles. The minimum absolute atomic E-state index is 0.108.